The largest absolute Gasteiger partial charge is 0.444 e. The second-order valence-corrected chi connectivity index (χ2v) is 9.43. The molecule has 34 heavy (non-hydrogen) atoms. The normalized spacial score (nSPS) is 18.0. The molecule has 2 aliphatic heterocycles. The minimum atomic E-state index is -0.645. The van der Waals surface area contributed by atoms with Crippen molar-refractivity contribution in [1.82, 2.24) is 30.5 Å². The van der Waals surface area contributed by atoms with Crippen molar-refractivity contribution in [3.63, 3.8) is 0 Å². The van der Waals surface area contributed by atoms with Gasteiger partial charge in [0, 0.05) is 25.1 Å². The molecule has 2 aromatic rings. The summed E-state index contributed by atoms with van der Waals surface area (Å²) in [6, 6.07) is 4.73. The van der Waals surface area contributed by atoms with E-state index in [0.29, 0.717) is 37.9 Å². The molecule has 0 bridgehead atoms. The van der Waals surface area contributed by atoms with E-state index < -0.39 is 23.6 Å². The molecule has 0 saturated carbocycles. The lowest BCUT2D eigenvalue weighted by Gasteiger charge is -2.29. The summed E-state index contributed by atoms with van der Waals surface area (Å²) >= 11 is 0. The summed E-state index contributed by atoms with van der Waals surface area (Å²) in [6.07, 6.45) is 3.21. The molecule has 3 heterocycles. The molecule has 1 saturated heterocycles. The lowest BCUT2D eigenvalue weighted by Crippen LogP contribution is -2.52. The van der Waals surface area contributed by atoms with Crippen LogP contribution in [0.2, 0.25) is 0 Å². The highest BCUT2D eigenvalue weighted by atomic mass is 16.6. The minimum Gasteiger partial charge on any atom is -0.444 e. The van der Waals surface area contributed by atoms with Gasteiger partial charge in [-0.25, -0.2) is 9.48 Å². The summed E-state index contributed by atoms with van der Waals surface area (Å²) in [5.74, 6) is -0.956. The average Bonchev–Trinajstić information content (AvgIpc) is 3.35. The summed E-state index contributed by atoms with van der Waals surface area (Å²) in [5.41, 5.74) is 2.33. The summed E-state index contributed by atoms with van der Waals surface area (Å²) < 4.78 is 6.84. The Balaban J connectivity index is 1.35. The molecule has 1 fully saturated rings. The van der Waals surface area contributed by atoms with Gasteiger partial charge in [-0.1, -0.05) is 5.21 Å². The third-order valence-electron chi connectivity index (χ3n) is 5.59. The molecule has 4 amide bonds. The van der Waals surface area contributed by atoms with Crippen LogP contribution in [-0.4, -0.2) is 61.9 Å². The van der Waals surface area contributed by atoms with Crippen LogP contribution in [0.15, 0.2) is 24.4 Å². The van der Waals surface area contributed by atoms with E-state index in [0.717, 1.165) is 16.9 Å². The lowest BCUT2D eigenvalue weighted by molar-refractivity contribution is -0.136. The highest BCUT2D eigenvalue weighted by molar-refractivity contribution is 6.05. The van der Waals surface area contributed by atoms with Gasteiger partial charge in [0.15, 0.2) is 0 Å². The third-order valence-corrected chi connectivity index (χ3v) is 5.59. The van der Waals surface area contributed by atoms with E-state index in [1.807, 2.05) is 33.0 Å². The Bertz CT molecular complexity index is 1140. The zero-order chi connectivity index (χ0) is 24.5. The maximum Gasteiger partial charge on any atom is 0.407 e. The molecular weight excluding hydrogens is 440 g/mol. The number of fused-ring (bicyclic) bond motifs is 1. The Hall–Kier alpha value is -3.76. The fourth-order valence-corrected chi connectivity index (χ4v) is 4.02. The Labute approximate surface area is 196 Å². The molecule has 11 heteroatoms. The fourth-order valence-electron chi connectivity index (χ4n) is 4.02. The van der Waals surface area contributed by atoms with Crippen molar-refractivity contribution >= 4 is 23.8 Å². The van der Waals surface area contributed by atoms with Gasteiger partial charge in [-0.2, -0.15) is 0 Å². The zero-order valence-electron chi connectivity index (χ0n) is 19.5. The highest BCUT2D eigenvalue weighted by Gasteiger charge is 2.39. The van der Waals surface area contributed by atoms with Crippen LogP contribution in [0.1, 0.15) is 61.6 Å². The van der Waals surface area contributed by atoms with Gasteiger partial charge < -0.3 is 15.0 Å². The van der Waals surface area contributed by atoms with Gasteiger partial charge in [0.2, 0.25) is 11.8 Å². The Morgan fingerprint density at radius 2 is 2.06 bits per heavy atom. The number of hydrogen-bond acceptors (Lipinski definition) is 7. The van der Waals surface area contributed by atoms with Gasteiger partial charge in [-0.3, -0.25) is 19.7 Å². The summed E-state index contributed by atoms with van der Waals surface area (Å²) in [5, 5.41) is 13.4. The van der Waals surface area contributed by atoms with Crippen molar-refractivity contribution in [2.75, 3.05) is 6.54 Å². The first-order valence-electron chi connectivity index (χ1n) is 11.3. The average molecular weight is 469 g/mol. The highest BCUT2D eigenvalue weighted by Crippen LogP contribution is 2.29. The van der Waals surface area contributed by atoms with Crippen LogP contribution in [0.25, 0.3) is 5.69 Å². The molecule has 11 nitrogen and oxygen atoms in total. The zero-order valence-corrected chi connectivity index (χ0v) is 19.5. The summed E-state index contributed by atoms with van der Waals surface area (Å²) in [7, 11) is 0. The molecule has 1 atom stereocenters. The number of carbonyl (C=O) groups is 4. The first kappa shape index (κ1) is 23.4. The predicted octanol–water partition coefficient (Wildman–Crippen LogP) is 1.49. The number of amides is 4. The first-order valence-corrected chi connectivity index (χ1v) is 11.3. The Kier molecular flexibility index (Phi) is 6.36. The molecule has 2 aliphatic rings. The Morgan fingerprint density at radius 3 is 2.79 bits per heavy atom. The second kappa shape index (κ2) is 9.24. The lowest BCUT2D eigenvalue weighted by atomic mass is 10.0. The molecular formula is C23H28N6O5. The van der Waals surface area contributed by atoms with E-state index in [-0.39, 0.29) is 18.2 Å². The van der Waals surface area contributed by atoms with Crippen LogP contribution in [0, 0.1) is 0 Å². The number of nitrogens with one attached hydrogen (secondary N) is 2. The van der Waals surface area contributed by atoms with Crippen molar-refractivity contribution < 1.29 is 23.9 Å². The molecule has 1 unspecified atom stereocenters. The van der Waals surface area contributed by atoms with Crippen molar-refractivity contribution in [1.29, 1.82) is 0 Å². The number of ether oxygens (including phenoxy) is 1. The number of carbonyl (C=O) groups excluding carboxylic acids is 4. The van der Waals surface area contributed by atoms with Gasteiger partial charge >= 0.3 is 6.09 Å². The third kappa shape index (κ3) is 5.24. The summed E-state index contributed by atoms with van der Waals surface area (Å²) in [6.45, 7) is 6.19. The van der Waals surface area contributed by atoms with E-state index >= 15 is 0 Å². The van der Waals surface area contributed by atoms with Crippen LogP contribution in [0.5, 0.6) is 0 Å². The number of benzene rings is 1. The Morgan fingerprint density at radius 1 is 1.26 bits per heavy atom. The quantitative estimate of drug-likeness (QED) is 0.484. The van der Waals surface area contributed by atoms with Crippen molar-refractivity contribution in [3.05, 3.63) is 41.2 Å². The van der Waals surface area contributed by atoms with Crippen molar-refractivity contribution in [2.45, 2.75) is 64.6 Å². The SMILES string of the molecule is CC(C)(C)OC(=O)NCCCc1cn(-c2ccc3c(c2)CN(C2CCC(=O)NC2=O)C3=O)nn1. The number of aromatic nitrogens is 3. The van der Waals surface area contributed by atoms with Gasteiger partial charge in [-0.15, -0.1) is 5.10 Å². The monoisotopic (exact) mass is 468 g/mol. The maximum atomic E-state index is 12.8. The molecule has 0 aliphatic carbocycles. The summed E-state index contributed by atoms with van der Waals surface area (Å²) in [4.78, 5) is 49.7. The van der Waals surface area contributed by atoms with E-state index in [1.54, 1.807) is 16.8 Å². The van der Waals surface area contributed by atoms with Crippen LogP contribution in [0.3, 0.4) is 0 Å². The standard InChI is InChI=1S/C23H28N6O5/c1-23(2,3)34-22(33)24-10-4-5-15-13-29(27-26-15)16-6-7-17-14(11-16)12-28(21(17)32)18-8-9-19(30)25-20(18)31/h6-7,11,13,18H,4-5,8-10,12H2,1-3H3,(H,24,33)(H,25,30,31). The molecule has 1 aromatic carbocycles. The molecule has 4 rings (SSSR count). The van der Waals surface area contributed by atoms with E-state index in [1.165, 1.54) is 4.90 Å². The van der Waals surface area contributed by atoms with E-state index in [2.05, 4.69) is 20.9 Å². The van der Waals surface area contributed by atoms with Crippen LogP contribution >= 0.6 is 0 Å². The predicted molar refractivity (Wildman–Crippen MR) is 120 cm³/mol. The van der Waals surface area contributed by atoms with Crippen LogP contribution < -0.4 is 10.6 Å². The topological polar surface area (TPSA) is 136 Å². The number of hydrogen-bond donors (Lipinski definition) is 2. The molecule has 0 radical (unpaired) electrons. The number of nitrogens with zero attached hydrogens (tertiary/aromatic N) is 4. The number of rotatable bonds is 6. The van der Waals surface area contributed by atoms with Crippen molar-refractivity contribution in [3.8, 4) is 5.69 Å². The van der Waals surface area contributed by atoms with E-state index in [4.69, 9.17) is 4.74 Å². The maximum absolute atomic E-state index is 12.8. The van der Waals surface area contributed by atoms with E-state index in [9.17, 15) is 19.2 Å². The van der Waals surface area contributed by atoms with Gasteiger partial charge in [0.25, 0.3) is 5.91 Å². The first-order chi connectivity index (χ1) is 16.1. The number of alkyl carbamates (subject to hydrolysis) is 1. The smallest absolute Gasteiger partial charge is 0.407 e. The minimum absolute atomic E-state index is 0.215. The van der Waals surface area contributed by atoms with Crippen LogP contribution in [0.4, 0.5) is 4.79 Å². The second-order valence-electron chi connectivity index (χ2n) is 9.43. The number of aryl methyl sites for hydroxylation is 1. The van der Waals surface area contributed by atoms with Gasteiger partial charge in [0.05, 0.1) is 17.6 Å². The molecule has 2 N–H and O–H groups in total. The van der Waals surface area contributed by atoms with Gasteiger partial charge in [-0.05, 0) is 63.8 Å². The number of piperidine rings is 1. The molecule has 180 valence electrons. The van der Waals surface area contributed by atoms with Gasteiger partial charge in [0.1, 0.15) is 11.6 Å². The van der Waals surface area contributed by atoms with Crippen LogP contribution in [-0.2, 0) is 27.3 Å². The number of imide groups is 1. The molecule has 0 spiro atoms. The van der Waals surface area contributed by atoms with Crippen molar-refractivity contribution in [2.24, 2.45) is 0 Å². The fraction of sp³-hybridized carbons (Fsp3) is 0.478. The molecule has 1 aromatic heterocycles.